The summed E-state index contributed by atoms with van der Waals surface area (Å²) in [6, 6.07) is 4.38. The van der Waals surface area contributed by atoms with Gasteiger partial charge in [-0.3, -0.25) is 9.69 Å². The molecule has 0 spiro atoms. The Morgan fingerprint density at radius 2 is 1.85 bits per heavy atom. The normalized spacial score (nSPS) is 10.6. The number of nitrogens with zero attached hydrogens (tertiary/aromatic N) is 1. The van der Waals surface area contributed by atoms with Crippen LogP contribution in [-0.4, -0.2) is 48.0 Å². The number of benzene rings is 1. The molecule has 0 radical (unpaired) electrons. The number of carboxylic acid groups (broad SMARTS) is 1. The van der Waals surface area contributed by atoms with E-state index in [9.17, 15) is 9.59 Å². The minimum atomic E-state index is -1.05. The van der Waals surface area contributed by atoms with Gasteiger partial charge in [-0.25, -0.2) is 4.79 Å². The summed E-state index contributed by atoms with van der Waals surface area (Å²) in [5.74, 6) is -0.736. The Hall–Kier alpha value is -1.88. The van der Waals surface area contributed by atoms with Gasteiger partial charge in [-0.05, 0) is 38.2 Å². The number of hydrogen-bond donors (Lipinski definition) is 1. The zero-order chi connectivity index (χ0) is 15.1. The Bertz CT molecular complexity index is 481. The van der Waals surface area contributed by atoms with Crippen molar-refractivity contribution in [1.82, 2.24) is 4.90 Å². The first-order valence-corrected chi connectivity index (χ1v) is 6.79. The standard InChI is InChI=1S/C15H21NO4/c1-4-16(5-2)10-13(17)12-9-11(15(18)19)7-8-14(12)20-6-3/h7-9H,4-6,10H2,1-3H3,(H,18,19). The van der Waals surface area contributed by atoms with Crippen molar-refractivity contribution < 1.29 is 19.4 Å². The zero-order valence-electron chi connectivity index (χ0n) is 12.2. The van der Waals surface area contributed by atoms with E-state index in [-0.39, 0.29) is 17.9 Å². The van der Waals surface area contributed by atoms with E-state index in [1.54, 1.807) is 6.07 Å². The van der Waals surface area contributed by atoms with Crippen molar-refractivity contribution in [2.45, 2.75) is 20.8 Å². The lowest BCUT2D eigenvalue weighted by Gasteiger charge is -2.18. The molecule has 0 unspecified atom stereocenters. The van der Waals surface area contributed by atoms with E-state index in [1.807, 2.05) is 25.7 Å². The molecule has 0 saturated carbocycles. The highest BCUT2D eigenvalue weighted by molar-refractivity contribution is 6.02. The molecule has 1 rings (SSSR count). The predicted molar refractivity (Wildman–Crippen MR) is 76.7 cm³/mol. The monoisotopic (exact) mass is 279 g/mol. The van der Waals surface area contributed by atoms with Crippen molar-refractivity contribution >= 4 is 11.8 Å². The fraction of sp³-hybridized carbons (Fsp3) is 0.467. The number of carboxylic acids is 1. The van der Waals surface area contributed by atoms with Gasteiger partial charge in [0.2, 0.25) is 0 Å². The van der Waals surface area contributed by atoms with E-state index < -0.39 is 5.97 Å². The smallest absolute Gasteiger partial charge is 0.335 e. The van der Waals surface area contributed by atoms with Crippen molar-refractivity contribution in [2.24, 2.45) is 0 Å². The van der Waals surface area contributed by atoms with Crippen LogP contribution in [0.25, 0.3) is 0 Å². The molecule has 0 saturated heterocycles. The molecule has 1 aromatic carbocycles. The lowest BCUT2D eigenvalue weighted by atomic mass is 10.1. The minimum absolute atomic E-state index is 0.0938. The van der Waals surface area contributed by atoms with Gasteiger partial charge in [0.05, 0.1) is 24.3 Å². The summed E-state index contributed by atoms with van der Waals surface area (Å²) in [4.78, 5) is 25.3. The number of ketones is 1. The number of ether oxygens (including phenoxy) is 1. The van der Waals surface area contributed by atoms with Gasteiger partial charge >= 0.3 is 5.97 Å². The fourth-order valence-electron chi connectivity index (χ4n) is 1.90. The first kappa shape index (κ1) is 16.2. The van der Waals surface area contributed by atoms with Gasteiger partial charge in [-0.1, -0.05) is 13.8 Å². The first-order chi connectivity index (χ1) is 9.53. The lowest BCUT2D eigenvalue weighted by Crippen LogP contribution is -2.29. The van der Waals surface area contributed by atoms with Crippen LogP contribution in [0, 0.1) is 0 Å². The summed E-state index contributed by atoms with van der Waals surface area (Å²) < 4.78 is 5.41. The van der Waals surface area contributed by atoms with Crippen LogP contribution < -0.4 is 4.74 Å². The SMILES string of the molecule is CCOc1ccc(C(=O)O)cc1C(=O)CN(CC)CC. The van der Waals surface area contributed by atoms with E-state index in [1.165, 1.54) is 12.1 Å². The molecule has 0 fully saturated rings. The quantitative estimate of drug-likeness (QED) is 0.740. The average Bonchev–Trinajstić information content (AvgIpc) is 2.44. The molecule has 0 aliphatic heterocycles. The van der Waals surface area contributed by atoms with E-state index >= 15 is 0 Å². The van der Waals surface area contributed by atoms with Gasteiger partial charge in [-0.2, -0.15) is 0 Å². The van der Waals surface area contributed by atoms with Gasteiger partial charge in [0, 0.05) is 0 Å². The van der Waals surface area contributed by atoms with Crippen LogP contribution in [0.3, 0.4) is 0 Å². The highest BCUT2D eigenvalue weighted by Gasteiger charge is 2.17. The molecule has 0 aliphatic carbocycles. The molecule has 110 valence electrons. The molecule has 1 aromatic rings. The van der Waals surface area contributed by atoms with Crippen LogP contribution in [0.1, 0.15) is 41.5 Å². The summed E-state index contributed by atoms with van der Waals surface area (Å²) in [5, 5.41) is 9.02. The number of rotatable bonds is 8. The van der Waals surface area contributed by atoms with Gasteiger partial charge in [0.1, 0.15) is 5.75 Å². The summed E-state index contributed by atoms with van der Waals surface area (Å²) in [6.07, 6.45) is 0. The van der Waals surface area contributed by atoms with Gasteiger partial charge < -0.3 is 9.84 Å². The first-order valence-electron chi connectivity index (χ1n) is 6.79. The Kier molecular flexibility index (Phi) is 6.18. The number of Topliss-reactive ketones (excluding diaryl/α,β-unsaturated/α-hetero) is 1. The van der Waals surface area contributed by atoms with E-state index in [2.05, 4.69) is 0 Å². The van der Waals surface area contributed by atoms with E-state index in [4.69, 9.17) is 9.84 Å². The van der Waals surface area contributed by atoms with Crippen LogP contribution in [0.4, 0.5) is 0 Å². The Morgan fingerprint density at radius 1 is 1.20 bits per heavy atom. The number of carbonyl (C=O) groups is 2. The number of aromatic carboxylic acids is 1. The lowest BCUT2D eigenvalue weighted by molar-refractivity contribution is 0.0697. The van der Waals surface area contributed by atoms with Gasteiger partial charge in [0.25, 0.3) is 0 Å². The fourth-order valence-corrected chi connectivity index (χ4v) is 1.90. The number of carbonyl (C=O) groups excluding carboxylic acids is 1. The third-order valence-electron chi connectivity index (χ3n) is 3.09. The third kappa shape index (κ3) is 4.06. The highest BCUT2D eigenvalue weighted by atomic mass is 16.5. The molecule has 5 nitrogen and oxygen atoms in total. The second kappa shape index (κ2) is 7.65. The van der Waals surface area contributed by atoms with Crippen molar-refractivity contribution in [3.63, 3.8) is 0 Å². The zero-order valence-corrected chi connectivity index (χ0v) is 12.2. The van der Waals surface area contributed by atoms with Gasteiger partial charge in [0.15, 0.2) is 5.78 Å². The number of hydrogen-bond acceptors (Lipinski definition) is 4. The Morgan fingerprint density at radius 3 is 2.35 bits per heavy atom. The summed E-state index contributed by atoms with van der Waals surface area (Å²) in [6.45, 7) is 8.01. The maximum Gasteiger partial charge on any atom is 0.335 e. The molecule has 0 atom stereocenters. The maximum absolute atomic E-state index is 12.3. The van der Waals surface area contributed by atoms with Gasteiger partial charge in [-0.15, -0.1) is 0 Å². The molecule has 1 N–H and O–H groups in total. The van der Waals surface area contributed by atoms with Crippen LogP contribution in [0.15, 0.2) is 18.2 Å². The molecule has 0 amide bonds. The molecule has 0 aromatic heterocycles. The molecular weight excluding hydrogens is 258 g/mol. The second-order valence-electron chi connectivity index (χ2n) is 4.33. The van der Waals surface area contributed by atoms with Crippen LogP contribution >= 0.6 is 0 Å². The highest BCUT2D eigenvalue weighted by Crippen LogP contribution is 2.21. The third-order valence-corrected chi connectivity index (χ3v) is 3.09. The van der Waals surface area contributed by atoms with Crippen molar-refractivity contribution in [2.75, 3.05) is 26.2 Å². The Labute approximate surface area is 119 Å². The number of likely N-dealkylation sites (N-methyl/N-ethyl adjacent to an activating group) is 1. The molecule has 0 aliphatic rings. The molecule has 0 bridgehead atoms. The van der Waals surface area contributed by atoms with E-state index in [0.717, 1.165) is 13.1 Å². The summed E-state index contributed by atoms with van der Waals surface area (Å²) in [7, 11) is 0. The van der Waals surface area contributed by atoms with E-state index in [0.29, 0.717) is 17.9 Å². The largest absolute Gasteiger partial charge is 0.493 e. The minimum Gasteiger partial charge on any atom is -0.493 e. The average molecular weight is 279 g/mol. The molecule has 5 heteroatoms. The topological polar surface area (TPSA) is 66.8 Å². The van der Waals surface area contributed by atoms with Crippen molar-refractivity contribution in [1.29, 1.82) is 0 Å². The summed E-state index contributed by atoms with van der Waals surface area (Å²) >= 11 is 0. The molecule has 20 heavy (non-hydrogen) atoms. The van der Waals surface area contributed by atoms with Crippen molar-refractivity contribution in [3.8, 4) is 5.75 Å². The maximum atomic E-state index is 12.3. The van der Waals surface area contributed by atoms with Crippen LogP contribution in [-0.2, 0) is 0 Å². The Balaban J connectivity index is 3.07. The second-order valence-corrected chi connectivity index (χ2v) is 4.33. The summed E-state index contributed by atoms with van der Waals surface area (Å²) in [5.41, 5.74) is 0.426. The van der Waals surface area contributed by atoms with Crippen LogP contribution in [0.5, 0.6) is 5.75 Å². The van der Waals surface area contributed by atoms with Crippen LogP contribution in [0.2, 0.25) is 0 Å². The molecule has 0 heterocycles. The van der Waals surface area contributed by atoms with Crippen molar-refractivity contribution in [3.05, 3.63) is 29.3 Å². The predicted octanol–water partition coefficient (Wildman–Crippen LogP) is 2.31. The molecular formula is C15H21NO4.